The largest absolute Gasteiger partial charge is 0.455 e. The van der Waals surface area contributed by atoms with Crippen molar-refractivity contribution >= 4 is 71.6 Å². The Morgan fingerprint density at radius 2 is 1.05 bits per heavy atom. The van der Waals surface area contributed by atoms with Crippen LogP contribution in [0.2, 0.25) is 0 Å². The Labute approximate surface area is 336 Å². The van der Waals surface area contributed by atoms with Gasteiger partial charge in [0.05, 0.1) is 11.0 Å². The van der Waals surface area contributed by atoms with E-state index in [0.29, 0.717) is 0 Å². The zero-order valence-electron chi connectivity index (χ0n) is 32.3. The van der Waals surface area contributed by atoms with E-state index in [-0.39, 0.29) is 5.41 Å². The van der Waals surface area contributed by atoms with Crippen molar-refractivity contribution in [3.05, 3.63) is 205 Å². The second-order valence-corrected chi connectivity index (χ2v) is 16.1. The average Bonchev–Trinajstić information content (AvgIpc) is 3.89. The molecule has 0 atom stereocenters. The highest BCUT2D eigenvalue weighted by atomic mass is 16.3. The average molecular weight is 743 g/mol. The predicted octanol–water partition coefficient (Wildman–Crippen LogP) is 15.3. The fourth-order valence-electron chi connectivity index (χ4n) is 9.83. The van der Waals surface area contributed by atoms with Crippen LogP contribution in [-0.2, 0) is 5.41 Å². The lowest BCUT2D eigenvalue weighted by Crippen LogP contribution is -2.14. The van der Waals surface area contributed by atoms with E-state index in [1.165, 1.54) is 60.6 Å². The summed E-state index contributed by atoms with van der Waals surface area (Å²) >= 11 is 0. The molecule has 274 valence electrons. The number of hydrogen-bond donors (Lipinski definition) is 0. The van der Waals surface area contributed by atoms with Gasteiger partial charge in [-0.1, -0.05) is 135 Å². The number of aromatic nitrogens is 1. The van der Waals surface area contributed by atoms with Gasteiger partial charge in [0.1, 0.15) is 11.2 Å². The van der Waals surface area contributed by atoms with E-state index in [9.17, 15) is 0 Å². The monoisotopic (exact) mass is 742 g/mol. The minimum atomic E-state index is -0.0845. The molecule has 0 amide bonds. The maximum atomic E-state index is 6.78. The molecule has 0 radical (unpaired) electrons. The van der Waals surface area contributed by atoms with Crippen molar-refractivity contribution in [2.45, 2.75) is 19.3 Å². The fourth-order valence-corrected chi connectivity index (χ4v) is 9.83. The van der Waals surface area contributed by atoms with Crippen LogP contribution in [0.1, 0.15) is 25.0 Å². The van der Waals surface area contributed by atoms with Gasteiger partial charge in [0.15, 0.2) is 0 Å². The molecule has 3 nitrogen and oxygen atoms in total. The Hall–Kier alpha value is -7.36. The molecule has 11 aromatic rings. The SMILES string of the molecule is CC1(C)c2ccccc2-c2ccc(-c3cc4c5cc(N(c6ccccc6)c6cccc(-n7c8ccccc8c8ccccc87)c6)ccc5oc4c4ccccc34)cc21. The molecule has 0 fully saturated rings. The third-order valence-corrected chi connectivity index (χ3v) is 12.6. The van der Waals surface area contributed by atoms with Crippen LogP contribution in [0.5, 0.6) is 0 Å². The van der Waals surface area contributed by atoms with Gasteiger partial charge in [-0.05, 0) is 112 Å². The zero-order valence-corrected chi connectivity index (χ0v) is 32.3. The molecule has 0 saturated heterocycles. The quantitative estimate of drug-likeness (QED) is 0.175. The van der Waals surface area contributed by atoms with Crippen LogP contribution in [0.4, 0.5) is 17.1 Å². The van der Waals surface area contributed by atoms with Crippen LogP contribution in [0.15, 0.2) is 199 Å². The summed E-state index contributed by atoms with van der Waals surface area (Å²) in [6.07, 6.45) is 0. The summed E-state index contributed by atoms with van der Waals surface area (Å²) in [5.74, 6) is 0. The van der Waals surface area contributed by atoms with Crippen LogP contribution in [0.3, 0.4) is 0 Å². The molecule has 12 rings (SSSR count). The molecular formula is C55H38N2O. The molecule has 0 saturated carbocycles. The highest BCUT2D eigenvalue weighted by molar-refractivity contribution is 6.20. The number of furan rings is 1. The first kappa shape index (κ1) is 32.8. The van der Waals surface area contributed by atoms with Crippen LogP contribution in [0.25, 0.3) is 82.5 Å². The van der Waals surface area contributed by atoms with Gasteiger partial charge in [0.2, 0.25) is 0 Å². The first-order valence-corrected chi connectivity index (χ1v) is 20.1. The van der Waals surface area contributed by atoms with Gasteiger partial charge in [-0.3, -0.25) is 0 Å². The molecule has 2 heterocycles. The van der Waals surface area contributed by atoms with Crippen LogP contribution in [0, 0.1) is 0 Å². The normalized spacial score (nSPS) is 13.1. The Bertz CT molecular complexity index is 3390. The van der Waals surface area contributed by atoms with E-state index in [4.69, 9.17) is 4.42 Å². The number of anilines is 3. The van der Waals surface area contributed by atoms with Crippen molar-refractivity contribution in [1.29, 1.82) is 0 Å². The molecule has 9 aromatic carbocycles. The fraction of sp³-hybridized carbons (Fsp3) is 0.0545. The molecule has 1 aliphatic carbocycles. The summed E-state index contributed by atoms with van der Waals surface area (Å²) < 4.78 is 9.16. The summed E-state index contributed by atoms with van der Waals surface area (Å²) in [6.45, 7) is 4.70. The number of rotatable bonds is 5. The molecule has 1 aliphatic rings. The van der Waals surface area contributed by atoms with E-state index in [1.54, 1.807) is 0 Å². The minimum Gasteiger partial charge on any atom is -0.455 e. The molecule has 58 heavy (non-hydrogen) atoms. The van der Waals surface area contributed by atoms with Gasteiger partial charge >= 0.3 is 0 Å². The summed E-state index contributed by atoms with van der Waals surface area (Å²) in [7, 11) is 0. The van der Waals surface area contributed by atoms with E-state index in [2.05, 4.69) is 217 Å². The maximum Gasteiger partial charge on any atom is 0.143 e. The third kappa shape index (κ3) is 4.74. The number of nitrogens with zero attached hydrogens (tertiary/aromatic N) is 2. The highest BCUT2D eigenvalue weighted by Gasteiger charge is 2.35. The van der Waals surface area contributed by atoms with Crippen molar-refractivity contribution in [3.63, 3.8) is 0 Å². The lowest BCUT2D eigenvalue weighted by Gasteiger charge is -2.26. The van der Waals surface area contributed by atoms with Gasteiger partial charge in [-0.2, -0.15) is 0 Å². The van der Waals surface area contributed by atoms with Crippen molar-refractivity contribution in [1.82, 2.24) is 4.57 Å². The van der Waals surface area contributed by atoms with Crippen molar-refractivity contribution in [2.75, 3.05) is 4.90 Å². The van der Waals surface area contributed by atoms with Gasteiger partial charge in [0, 0.05) is 55.1 Å². The Kier molecular flexibility index (Phi) is 6.98. The molecule has 0 aliphatic heterocycles. The van der Waals surface area contributed by atoms with Crippen molar-refractivity contribution in [3.8, 4) is 27.9 Å². The first-order chi connectivity index (χ1) is 28.5. The molecule has 3 heteroatoms. The first-order valence-electron chi connectivity index (χ1n) is 20.1. The number of fused-ring (bicyclic) bond motifs is 11. The lowest BCUT2D eigenvalue weighted by atomic mass is 9.81. The summed E-state index contributed by atoms with van der Waals surface area (Å²) in [4.78, 5) is 2.36. The molecule has 0 spiro atoms. The van der Waals surface area contributed by atoms with Gasteiger partial charge in [-0.25, -0.2) is 0 Å². The zero-order chi connectivity index (χ0) is 38.5. The Morgan fingerprint density at radius 3 is 1.84 bits per heavy atom. The smallest absolute Gasteiger partial charge is 0.143 e. The lowest BCUT2D eigenvalue weighted by molar-refractivity contribution is 0.660. The van der Waals surface area contributed by atoms with E-state index in [0.717, 1.165) is 50.1 Å². The molecule has 0 unspecified atom stereocenters. The van der Waals surface area contributed by atoms with Crippen molar-refractivity contribution < 1.29 is 4.42 Å². The summed E-state index contributed by atoms with van der Waals surface area (Å²) in [6, 6.07) is 70.6. The van der Waals surface area contributed by atoms with Crippen LogP contribution in [-0.4, -0.2) is 4.57 Å². The summed E-state index contributed by atoms with van der Waals surface area (Å²) in [5, 5.41) is 7.01. The Balaban J connectivity index is 1.05. The molecule has 0 N–H and O–H groups in total. The predicted molar refractivity (Wildman–Crippen MR) is 243 cm³/mol. The topological polar surface area (TPSA) is 21.3 Å². The molecule has 2 aromatic heterocycles. The molecule has 0 bridgehead atoms. The number of benzene rings is 9. The van der Waals surface area contributed by atoms with Crippen LogP contribution >= 0.6 is 0 Å². The second kappa shape index (κ2) is 12.3. The number of hydrogen-bond acceptors (Lipinski definition) is 2. The van der Waals surface area contributed by atoms with Gasteiger partial charge in [0.25, 0.3) is 0 Å². The number of para-hydroxylation sites is 3. The summed E-state index contributed by atoms with van der Waals surface area (Å²) in [5.41, 5.74) is 16.3. The standard InChI is InChI=1S/C55H38N2O/c1-55(2)49-24-11-8-20-41(49)42-29-27-35(31-50(42)55)46-34-48-47-33-39(28-30-53(47)58-54(48)45-23-7-6-19-40(45)46)56(36-15-4-3-5-16-36)37-17-14-18-38(32-37)57-51-25-12-9-21-43(51)44-22-10-13-26-52(44)57/h3-34H,1-2H3. The third-order valence-electron chi connectivity index (χ3n) is 12.6. The minimum absolute atomic E-state index is 0.0845. The highest BCUT2D eigenvalue weighted by Crippen LogP contribution is 2.51. The van der Waals surface area contributed by atoms with Gasteiger partial charge in [-0.15, -0.1) is 0 Å². The Morgan fingerprint density at radius 1 is 0.414 bits per heavy atom. The molecular weight excluding hydrogens is 705 g/mol. The van der Waals surface area contributed by atoms with E-state index in [1.807, 2.05) is 0 Å². The van der Waals surface area contributed by atoms with Gasteiger partial charge < -0.3 is 13.9 Å². The van der Waals surface area contributed by atoms with Crippen LogP contribution < -0.4 is 4.90 Å². The second-order valence-electron chi connectivity index (χ2n) is 16.1. The van der Waals surface area contributed by atoms with Crippen molar-refractivity contribution in [2.24, 2.45) is 0 Å². The maximum absolute atomic E-state index is 6.78. The van der Waals surface area contributed by atoms with E-state index >= 15 is 0 Å². The van der Waals surface area contributed by atoms with E-state index < -0.39 is 0 Å².